The van der Waals surface area contributed by atoms with Gasteiger partial charge in [0.05, 0.1) is 19.8 Å². The van der Waals surface area contributed by atoms with Crippen LogP contribution in [0, 0.1) is 11.8 Å². The number of esters is 1. The first-order valence-corrected chi connectivity index (χ1v) is 9.32. The minimum atomic E-state index is -0.761. The van der Waals surface area contributed by atoms with Crippen molar-refractivity contribution in [1.82, 2.24) is 15.1 Å². The second kappa shape index (κ2) is 8.17. The van der Waals surface area contributed by atoms with Gasteiger partial charge in [0.15, 0.2) is 0 Å². The standard InChI is InChI=1S/C18H31N3O4/c1-5-25-15(22)11-20(10-13(2)3)12-21-16(23)18(19-17(21)24)9-7-6-8-14(18)4/h13-14H,5-12H2,1-4H3,(H,19,24). The molecule has 0 aromatic rings. The van der Waals surface area contributed by atoms with Gasteiger partial charge in [0.25, 0.3) is 5.91 Å². The van der Waals surface area contributed by atoms with E-state index < -0.39 is 5.54 Å². The summed E-state index contributed by atoms with van der Waals surface area (Å²) in [6.07, 6.45) is 3.67. The molecule has 25 heavy (non-hydrogen) atoms. The second-order valence-electron chi connectivity index (χ2n) is 7.63. The Kier molecular flexibility index (Phi) is 6.43. The van der Waals surface area contributed by atoms with Crippen LogP contribution in [0.25, 0.3) is 0 Å². The van der Waals surface area contributed by atoms with Gasteiger partial charge in [-0.05, 0) is 31.6 Å². The monoisotopic (exact) mass is 353 g/mol. The highest BCUT2D eigenvalue weighted by atomic mass is 16.5. The molecule has 2 unspecified atom stereocenters. The summed E-state index contributed by atoms with van der Waals surface area (Å²) < 4.78 is 5.01. The number of urea groups is 1. The SMILES string of the molecule is CCOC(=O)CN(CC(C)C)CN1C(=O)NC2(CCCCC2C)C1=O. The third-order valence-electron chi connectivity index (χ3n) is 5.12. The number of rotatable bonds is 7. The quantitative estimate of drug-likeness (QED) is 0.559. The van der Waals surface area contributed by atoms with Crippen molar-refractivity contribution in [1.29, 1.82) is 0 Å². The zero-order chi connectivity index (χ0) is 18.6. The van der Waals surface area contributed by atoms with Crippen LogP contribution in [0.15, 0.2) is 0 Å². The molecule has 1 N–H and O–H groups in total. The van der Waals surface area contributed by atoms with Crippen LogP contribution in [0.3, 0.4) is 0 Å². The van der Waals surface area contributed by atoms with Crippen molar-refractivity contribution in [2.24, 2.45) is 11.8 Å². The summed E-state index contributed by atoms with van der Waals surface area (Å²) in [5.74, 6) is -0.0534. The fourth-order valence-corrected chi connectivity index (χ4v) is 3.90. The maximum absolute atomic E-state index is 13.0. The molecule has 0 aromatic carbocycles. The predicted molar refractivity (Wildman–Crippen MR) is 93.7 cm³/mol. The van der Waals surface area contributed by atoms with E-state index in [1.165, 1.54) is 4.90 Å². The van der Waals surface area contributed by atoms with Gasteiger partial charge >= 0.3 is 12.0 Å². The van der Waals surface area contributed by atoms with E-state index in [-0.39, 0.29) is 37.0 Å². The predicted octanol–water partition coefficient (Wildman–Crippen LogP) is 1.97. The van der Waals surface area contributed by atoms with Gasteiger partial charge in [-0.1, -0.05) is 33.6 Å². The van der Waals surface area contributed by atoms with Crippen LogP contribution in [0.2, 0.25) is 0 Å². The zero-order valence-corrected chi connectivity index (χ0v) is 15.8. The Morgan fingerprint density at radius 2 is 2.12 bits per heavy atom. The zero-order valence-electron chi connectivity index (χ0n) is 15.8. The summed E-state index contributed by atoms with van der Waals surface area (Å²) in [5.41, 5.74) is -0.761. The van der Waals surface area contributed by atoms with Crippen molar-refractivity contribution in [2.75, 3.05) is 26.4 Å². The Hall–Kier alpha value is -1.63. The van der Waals surface area contributed by atoms with Gasteiger partial charge in [-0.2, -0.15) is 0 Å². The highest BCUT2D eigenvalue weighted by Crippen LogP contribution is 2.38. The third-order valence-corrected chi connectivity index (χ3v) is 5.12. The van der Waals surface area contributed by atoms with E-state index in [1.807, 2.05) is 25.7 Å². The topological polar surface area (TPSA) is 79.0 Å². The summed E-state index contributed by atoms with van der Waals surface area (Å²) >= 11 is 0. The van der Waals surface area contributed by atoms with Crippen molar-refractivity contribution in [3.8, 4) is 0 Å². The lowest BCUT2D eigenvalue weighted by Crippen LogP contribution is -2.54. The van der Waals surface area contributed by atoms with Crippen LogP contribution < -0.4 is 5.32 Å². The molecule has 2 rings (SSSR count). The van der Waals surface area contributed by atoms with E-state index in [0.29, 0.717) is 25.5 Å². The molecule has 3 amide bonds. The van der Waals surface area contributed by atoms with Gasteiger partial charge in [-0.15, -0.1) is 0 Å². The van der Waals surface area contributed by atoms with Gasteiger partial charge in [0.1, 0.15) is 5.54 Å². The molecule has 1 saturated heterocycles. The number of hydrogen-bond acceptors (Lipinski definition) is 5. The van der Waals surface area contributed by atoms with E-state index in [1.54, 1.807) is 6.92 Å². The van der Waals surface area contributed by atoms with Gasteiger partial charge < -0.3 is 10.1 Å². The Labute approximate surface area is 150 Å². The number of nitrogens with one attached hydrogen (secondary N) is 1. The summed E-state index contributed by atoms with van der Waals surface area (Å²) in [4.78, 5) is 40.5. The third kappa shape index (κ3) is 4.32. The minimum Gasteiger partial charge on any atom is -0.465 e. The van der Waals surface area contributed by atoms with Crippen molar-refractivity contribution in [2.45, 2.75) is 58.9 Å². The van der Waals surface area contributed by atoms with E-state index in [2.05, 4.69) is 5.32 Å². The van der Waals surface area contributed by atoms with Crippen molar-refractivity contribution >= 4 is 17.9 Å². The molecule has 2 fully saturated rings. The molecular formula is C18H31N3O4. The van der Waals surface area contributed by atoms with Gasteiger partial charge in [0.2, 0.25) is 0 Å². The first-order valence-electron chi connectivity index (χ1n) is 9.32. The Morgan fingerprint density at radius 3 is 2.72 bits per heavy atom. The smallest absolute Gasteiger partial charge is 0.326 e. The molecule has 0 aromatic heterocycles. The fraction of sp³-hybridized carbons (Fsp3) is 0.833. The fourth-order valence-electron chi connectivity index (χ4n) is 3.90. The number of carbonyl (C=O) groups excluding carboxylic acids is 3. The van der Waals surface area contributed by atoms with Gasteiger partial charge in [-0.25, -0.2) is 9.69 Å². The van der Waals surface area contributed by atoms with Crippen LogP contribution in [-0.2, 0) is 14.3 Å². The minimum absolute atomic E-state index is 0.0750. The van der Waals surface area contributed by atoms with E-state index in [9.17, 15) is 14.4 Å². The molecule has 1 aliphatic heterocycles. The summed E-state index contributed by atoms with van der Waals surface area (Å²) in [6, 6.07) is -0.351. The molecular weight excluding hydrogens is 322 g/mol. The molecule has 7 heteroatoms. The average Bonchev–Trinajstić information content (AvgIpc) is 2.75. The van der Waals surface area contributed by atoms with Crippen LogP contribution in [-0.4, -0.2) is 59.6 Å². The largest absolute Gasteiger partial charge is 0.465 e. The normalized spacial score (nSPS) is 26.6. The van der Waals surface area contributed by atoms with Crippen molar-refractivity contribution in [3.63, 3.8) is 0 Å². The molecule has 142 valence electrons. The number of ether oxygens (including phenoxy) is 1. The lowest BCUT2D eigenvalue weighted by Gasteiger charge is -2.37. The number of amides is 3. The van der Waals surface area contributed by atoms with Crippen LogP contribution in [0.4, 0.5) is 4.79 Å². The van der Waals surface area contributed by atoms with Crippen molar-refractivity contribution in [3.05, 3.63) is 0 Å². The number of carbonyl (C=O) groups is 3. The number of imide groups is 1. The summed E-state index contributed by atoms with van der Waals surface area (Å²) in [5, 5.41) is 2.95. The molecule has 2 atom stereocenters. The van der Waals surface area contributed by atoms with Crippen molar-refractivity contribution < 1.29 is 19.1 Å². The van der Waals surface area contributed by atoms with Crippen LogP contribution in [0.1, 0.15) is 53.4 Å². The molecule has 0 bridgehead atoms. The van der Waals surface area contributed by atoms with Crippen LogP contribution in [0.5, 0.6) is 0 Å². The average molecular weight is 353 g/mol. The molecule has 1 heterocycles. The first kappa shape index (κ1) is 19.7. The Bertz CT molecular complexity index is 522. The first-order chi connectivity index (χ1) is 11.8. The number of hydrogen-bond donors (Lipinski definition) is 1. The van der Waals surface area contributed by atoms with Crippen LogP contribution >= 0.6 is 0 Å². The maximum Gasteiger partial charge on any atom is 0.326 e. The van der Waals surface area contributed by atoms with Gasteiger partial charge in [0, 0.05) is 6.54 Å². The summed E-state index contributed by atoms with van der Waals surface area (Å²) in [6.45, 7) is 8.99. The summed E-state index contributed by atoms with van der Waals surface area (Å²) in [7, 11) is 0. The number of nitrogens with zero attached hydrogens (tertiary/aromatic N) is 2. The molecule has 1 aliphatic carbocycles. The molecule has 0 radical (unpaired) electrons. The van der Waals surface area contributed by atoms with Gasteiger partial charge in [-0.3, -0.25) is 14.5 Å². The molecule has 1 spiro atoms. The lowest BCUT2D eigenvalue weighted by atomic mass is 9.73. The second-order valence-corrected chi connectivity index (χ2v) is 7.63. The van der Waals surface area contributed by atoms with E-state index in [0.717, 1.165) is 19.3 Å². The Balaban J connectivity index is 2.10. The Morgan fingerprint density at radius 1 is 1.40 bits per heavy atom. The molecule has 2 aliphatic rings. The lowest BCUT2D eigenvalue weighted by molar-refractivity contribution is -0.146. The molecule has 1 saturated carbocycles. The maximum atomic E-state index is 13.0. The van der Waals surface area contributed by atoms with E-state index in [4.69, 9.17) is 4.74 Å². The highest BCUT2D eigenvalue weighted by Gasteiger charge is 2.55. The molecule has 7 nitrogen and oxygen atoms in total. The van der Waals surface area contributed by atoms with E-state index >= 15 is 0 Å². The highest BCUT2D eigenvalue weighted by molar-refractivity contribution is 6.07.